The molecule has 1 N–H and O–H groups in total. The molecule has 0 aliphatic heterocycles. The average Bonchev–Trinajstić information content (AvgIpc) is 3.09. The highest BCUT2D eigenvalue weighted by Crippen LogP contribution is 2.19. The number of para-hydroxylation sites is 1. The molecule has 0 bridgehead atoms. The highest BCUT2D eigenvalue weighted by molar-refractivity contribution is 7.71. The zero-order valence-electron chi connectivity index (χ0n) is 17.0. The number of nitrogens with one attached hydrogen (secondary N) is 1. The highest BCUT2D eigenvalue weighted by atomic mass is 35.5. The number of hydrogen-bond acceptors (Lipinski definition) is 4. The molecule has 156 valence electrons. The third-order valence-corrected chi connectivity index (χ3v) is 5.59. The summed E-state index contributed by atoms with van der Waals surface area (Å²) in [6.45, 7) is 2.54. The number of ketones is 1. The smallest absolute Gasteiger partial charge is 0.203 e. The predicted octanol–water partition coefficient (Wildman–Crippen LogP) is 5.86. The first-order chi connectivity index (χ1) is 15.0. The Bertz CT molecular complexity index is 1260. The van der Waals surface area contributed by atoms with Gasteiger partial charge in [0.05, 0.1) is 12.2 Å². The van der Waals surface area contributed by atoms with Crippen molar-refractivity contribution < 1.29 is 4.79 Å². The highest BCUT2D eigenvalue weighted by Gasteiger charge is 2.16. The van der Waals surface area contributed by atoms with E-state index in [2.05, 4.69) is 5.32 Å². The zero-order valence-corrected chi connectivity index (χ0v) is 18.5. The number of carbonyl (C=O) groups excluding carboxylic acids is 1. The number of nitrogens with zero attached hydrogens (tertiary/aromatic N) is 3. The van der Waals surface area contributed by atoms with Crippen molar-refractivity contribution >= 4 is 35.3 Å². The van der Waals surface area contributed by atoms with Crippen LogP contribution in [-0.2, 0) is 13.1 Å². The Labute approximate surface area is 190 Å². The Hall–Kier alpha value is -3.22. The maximum Gasteiger partial charge on any atom is 0.203 e. The SMILES string of the molecule is Cc1ccccc1-n1c(CNc2ccc(Cl)cc2)nn(CC(=O)c2ccccc2)c1=S. The molecule has 7 heteroatoms. The van der Waals surface area contributed by atoms with Crippen LogP contribution in [0.1, 0.15) is 21.7 Å². The summed E-state index contributed by atoms with van der Waals surface area (Å²) < 4.78 is 3.99. The fourth-order valence-electron chi connectivity index (χ4n) is 3.33. The quantitative estimate of drug-likeness (QED) is 0.284. The van der Waals surface area contributed by atoms with E-state index in [1.165, 1.54) is 0 Å². The Balaban J connectivity index is 1.69. The van der Waals surface area contributed by atoms with E-state index in [1.54, 1.807) is 16.8 Å². The van der Waals surface area contributed by atoms with Crippen LogP contribution in [0.5, 0.6) is 0 Å². The van der Waals surface area contributed by atoms with Gasteiger partial charge in [-0.25, -0.2) is 4.68 Å². The van der Waals surface area contributed by atoms with Crippen molar-refractivity contribution in [1.82, 2.24) is 14.3 Å². The lowest BCUT2D eigenvalue weighted by molar-refractivity contribution is 0.0967. The van der Waals surface area contributed by atoms with Crippen molar-refractivity contribution in [3.63, 3.8) is 0 Å². The van der Waals surface area contributed by atoms with E-state index in [4.69, 9.17) is 28.9 Å². The third-order valence-electron chi connectivity index (χ3n) is 4.95. The summed E-state index contributed by atoms with van der Waals surface area (Å²) in [5, 5.41) is 8.73. The van der Waals surface area contributed by atoms with Crippen LogP contribution in [-0.4, -0.2) is 20.1 Å². The van der Waals surface area contributed by atoms with Gasteiger partial charge in [-0.2, -0.15) is 5.10 Å². The summed E-state index contributed by atoms with van der Waals surface area (Å²) in [5.41, 5.74) is 3.57. The number of rotatable bonds is 7. The molecule has 0 spiro atoms. The molecule has 31 heavy (non-hydrogen) atoms. The zero-order chi connectivity index (χ0) is 21.8. The minimum atomic E-state index is -0.0386. The number of aryl methyl sites for hydroxylation is 1. The minimum absolute atomic E-state index is 0.0386. The van der Waals surface area contributed by atoms with Crippen molar-refractivity contribution in [3.05, 3.63) is 106 Å². The lowest BCUT2D eigenvalue weighted by Gasteiger charge is -2.11. The molecule has 3 aromatic carbocycles. The Morgan fingerprint density at radius 1 is 1.00 bits per heavy atom. The molecule has 0 radical (unpaired) electrons. The molecule has 0 amide bonds. The summed E-state index contributed by atoms with van der Waals surface area (Å²) >= 11 is 11.7. The van der Waals surface area contributed by atoms with Crippen LogP contribution < -0.4 is 5.32 Å². The molecule has 0 saturated carbocycles. The first kappa shape index (κ1) is 21.0. The summed E-state index contributed by atoms with van der Waals surface area (Å²) in [7, 11) is 0. The van der Waals surface area contributed by atoms with E-state index in [-0.39, 0.29) is 12.3 Å². The van der Waals surface area contributed by atoms with Gasteiger partial charge in [-0.1, -0.05) is 60.1 Å². The van der Waals surface area contributed by atoms with Crippen LogP contribution in [0.15, 0.2) is 78.9 Å². The van der Waals surface area contributed by atoms with Crippen LogP contribution in [0.4, 0.5) is 5.69 Å². The van der Waals surface area contributed by atoms with Gasteiger partial charge in [0.25, 0.3) is 0 Å². The molecular formula is C24H21ClN4OS. The van der Waals surface area contributed by atoms with Gasteiger partial charge in [-0.05, 0) is 55.0 Å². The monoisotopic (exact) mass is 448 g/mol. The Kier molecular flexibility index (Phi) is 6.30. The molecule has 4 aromatic rings. The first-order valence-corrected chi connectivity index (χ1v) is 10.6. The van der Waals surface area contributed by atoms with E-state index in [0.29, 0.717) is 21.9 Å². The van der Waals surface area contributed by atoms with Crippen molar-refractivity contribution in [1.29, 1.82) is 0 Å². The lowest BCUT2D eigenvalue weighted by atomic mass is 10.1. The van der Waals surface area contributed by atoms with Gasteiger partial charge in [0.1, 0.15) is 6.54 Å². The fourth-order valence-corrected chi connectivity index (χ4v) is 3.76. The molecule has 0 unspecified atom stereocenters. The van der Waals surface area contributed by atoms with Crippen molar-refractivity contribution in [2.45, 2.75) is 20.0 Å². The van der Waals surface area contributed by atoms with Gasteiger partial charge in [0.2, 0.25) is 4.77 Å². The molecule has 0 fully saturated rings. The molecular weight excluding hydrogens is 428 g/mol. The number of halogens is 1. The second kappa shape index (κ2) is 9.29. The normalized spacial score (nSPS) is 10.8. The average molecular weight is 449 g/mol. The molecule has 1 heterocycles. The van der Waals surface area contributed by atoms with Crippen molar-refractivity contribution in [3.8, 4) is 5.69 Å². The van der Waals surface area contributed by atoms with Crippen molar-refractivity contribution in [2.75, 3.05) is 5.32 Å². The third kappa shape index (κ3) is 4.76. The van der Waals surface area contributed by atoms with Gasteiger partial charge in [-0.3, -0.25) is 9.36 Å². The van der Waals surface area contributed by atoms with E-state index >= 15 is 0 Å². The summed E-state index contributed by atoms with van der Waals surface area (Å²) in [4.78, 5) is 12.8. The van der Waals surface area contributed by atoms with Crippen LogP contribution in [0.3, 0.4) is 0 Å². The molecule has 0 aliphatic carbocycles. The topological polar surface area (TPSA) is 51.9 Å². The number of Topliss-reactive ketones (excluding diaryl/α,β-unsaturated/α-hetero) is 1. The molecule has 0 saturated heterocycles. The number of benzene rings is 3. The second-order valence-electron chi connectivity index (χ2n) is 7.13. The van der Waals surface area contributed by atoms with Gasteiger partial charge in [0, 0.05) is 16.3 Å². The van der Waals surface area contributed by atoms with E-state index in [1.807, 2.05) is 78.2 Å². The van der Waals surface area contributed by atoms with E-state index in [9.17, 15) is 4.79 Å². The Morgan fingerprint density at radius 2 is 1.68 bits per heavy atom. The standard InChI is InChI=1S/C24H21ClN4OS/c1-17-7-5-6-10-21(17)29-23(15-26-20-13-11-19(25)12-14-20)27-28(24(29)31)16-22(30)18-8-3-2-4-9-18/h2-14,26H,15-16H2,1H3. The van der Waals surface area contributed by atoms with Crippen LogP contribution in [0, 0.1) is 11.7 Å². The number of carbonyl (C=O) groups is 1. The van der Waals surface area contributed by atoms with Gasteiger partial charge in [-0.15, -0.1) is 0 Å². The number of aromatic nitrogens is 3. The maximum atomic E-state index is 12.8. The fraction of sp³-hybridized carbons (Fsp3) is 0.125. The van der Waals surface area contributed by atoms with E-state index in [0.717, 1.165) is 22.8 Å². The molecule has 4 rings (SSSR count). The van der Waals surface area contributed by atoms with Gasteiger partial charge >= 0.3 is 0 Å². The molecule has 0 atom stereocenters. The largest absolute Gasteiger partial charge is 0.378 e. The first-order valence-electron chi connectivity index (χ1n) is 9.85. The second-order valence-corrected chi connectivity index (χ2v) is 7.93. The van der Waals surface area contributed by atoms with Crippen LogP contribution in [0.2, 0.25) is 5.02 Å². The number of anilines is 1. The molecule has 0 aliphatic rings. The minimum Gasteiger partial charge on any atom is -0.378 e. The van der Waals surface area contributed by atoms with Crippen LogP contribution >= 0.6 is 23.8 Å². The summed E-state index contributed by atoms with van der Waals surface area (Å²) in [6.07, 6.45) is 0. The van der Waals surface area contributed by atoms with E-state index < -0.39 is 0 Å². The van der Waals surface area contributed by atoms with Crippen molar-refractivity contribution in [2.24, 2.45) is 0 Å². The van der Waals surface area contributed by atoms with Gasteiger partial charge in [0.15, 0.2) is 11.6 Å². The lowest BCUT2D eigenvalue weighted by Crippen LogP contribution is -2.12. The molecule has 1 aromatic heterocycles. The van der Waals surface area contributed by atoms with Gasteiger partial charge < -0.3 is 5.32 Å². The van der Waals surface area contributed by atoms with Crippen LogP contribution in [0.25, 0.3) is 5.69 Å². The predicted molar refractivity (Wildman–Crippen MR) is 127 cm³/mol. The summed E-state index contributed by atoms with van der Waals surface area (Å²) in [6, 6.07) is 24.6. The maximum absolute atomic E-state index is 12.8. The number of hydrogen-bond donors (Lipinski definition) is 1. The Morgan fingerprint density at radius 3 is 2.39 bits per heavy atom. The summed E-state index contributed by atoms with van der Waals surface area (Å²) in [5.74, 6) is 0.679. The molecule has 5 nitrogen and oxygen atoms in total.